The lowest BCUT2D eigenvalue weighted by atomic mass is 10.1. The van der Waals surface area contributed by atoms with E-state index in [-0.39, 0.29) is 5.91 Å². The minimum atomic E-state index is -0.155. The van der Waals surface area contributed by atoms with E-state index in [0.717, 1.165) is 23.2 Å². The zero-order chi connectivity index (χ0) is 16.1. The van der Waals surface area contributed by atoms with Gasteiger partial charge in [-0.2, -0.15) is 0 Å². The van der Waals surface area contributed by atoms with Gasteiger partial charge in [0.15, 0.2) is 0 Å². The molecule has 0 aliphatic rings. The molecule has 0 fully saturated rings. The van der Waals surface area contributed by atoms with Crippen LogP contribution in [0.5, 0.6) is 5.75 Å². The predicted octanol–water partition coefficient (Wildman–Crippen LogP) is 3.93. The fraction of sp³-hybridized carbons (Fsp3) is 0.278. The largest absolute Gasteiger partial charge is 0.494 e. The van der Waals surface area contributed by atoms with Crippen LogP contribution < -0.4 is 15.8 Å². The number of rotatable bonds is 5. The SMILES string of the molecule is CCCOc1cccc(C(=O)Nc2c(C)cc(N)cc2C)c1. The standard InChI is InChI=1S/C18H22N2O2/c1-4-8-22-16-7-5-6-14(11-16)18(21)20-17-12(2)9-15(19)10-13(17)3/h5-7,9-11H,4,8,19H2,1-3H3,(H,20,21). The van der Waals surface area contributed by atoms with Crippen molar-refractivity contribution in [2.45, 2.75) is 27.2 Å². The van der Waals surface area contributed by atoms with E-state index in [1.807, 2.05) is 45.0 Å². The summed E-state index contributed by atoms with van der Waals surface area (Å²) in [6.07, 6.45) is 0.931. The third-order valence-corrected chi connectivity index (χ3v) is 3.36. The minimum Gasteiger partial charge on any atom is -0.494 e. The molecule has 22 heavy (non-hydrogen) atoms. The molecule has 0 spiro atoms. The van der Waals surface area contributed by atoms with Crippen LogP contribution in [0.3, 0.4) is 0 Å². The molecule has 0 atom stereocenters. The van der Waals surface area contributed by atoms with Gasteiger partial charge in [-0.1, -0.05) is 13.0 Å². The molecular formula is C18H22N2O2. The second kappa shape index (κ2) is 6.98. The van der Waals surface area contributed by atoms with Gasteiger partial charge in [0, 0.05) is 16.9 Å². The molecule has 2 aromatic rings. The Morgan fingerprint density at radius 1 is 1.18 bits per heavy atom. The number of amides is 1. The van der Waals surface area contributed by atoms with E-state index in [1.54, 1.807) is 12.1 Å². The smallest absolute Gasteiger partial charge is 0.255 e. The van der Waals surface area contributed by atoms with E-state index < -0.39 is 0 Å². The van der Waals surface area contributed by atoms with Crippen molar-refractivity contribution in [1.29, 1.82) is 0 Å². The zero-order valence-corrected chi connectivity index (χ0v) is 13.3. The Hall–Kier alpha value is -2.49. The molecule has 2 aromatic carbocycles. The van der Waals surface area contributed by atoms with Gasteiger partial charge < -0.3 is 15.8 Å². The van der Waals surface area contributed by atoms with Crippen LogP contribution in [-0.2, 0) is 0 Å². The van der Waals surface area contributed by atoms with Crippen LogP contribution in [0.25, 0.3) is 0 Å². The van der Waals surface area contributed by atoms with E-state index >= 15 is 0 Å². The molecule has 116 valence electrons. The predicted molar refractivity (Wildman–Crippen MR) is 90.5 cm³/mol. The van der Waals surface area contributed by atoms with E-state index in [1.165, 1.54) is 0 Å². The topological polar surface area (TPSA) is 64.3 Å². The first-order valence-electron chi connectivity index (χ1n) is 7.42. The van der Waals surface area contributed by atoms with Gasteiger partial charge in [-0.15, -0.1) is 0 Å². The Kier molecular flexibility index (Phi) is 5.04. The number of carbonyl (C=O) groups excluding carboxylic acids is 1. The summed E-state index contributed by atoms with van der Waals surface area (Å²) in [7, 11) is 0. The van der Waals surface area contributed by atoms with Gasteiger partial charge in [0.25, 0.3) is 5.91 Å². The molecule has 0 heterocycles. The highest BCUT2D eigenvalue weighted by Gasteiger charge is 2.11. The highest BCUT2D eigenvalue weighted by molar-refractivity contribution is 6.05. The summed E-state index contributed by atoms with van der Waals surface area (Å²) in [5.41, 5.74) is 9.78. The van der Waals surface area contributed by atoms with Crippen LogP contribution >= 0.6 is 0 Å². The monoisotopic (exact) mass is 298 g/mol. The number of carbonyl (C=O) groups is 1. The van der Waals surface area contributed by atoms with Crippen LogP contribution in [0, 0.1) is 13.8 Å². The van der Waals surface area contributed by atoms with Gasteiger partial charge in [-0.05, 0) is 61.7 Å². The number of nitrogen functional groups attached to an aromatic ring is 1. The number of nitrogens with two attached hydrogens (primary N) is 1. The molecule has 0 saturated heterocycles. The number of hydrogen-bond acceptors (Lipinski definition) is 3. The van der Waals surface area contributed by atoms with Crippen molar-refractivity contribution >= 4 is 17.3 Å². The van der Waals surface area contributed by atoms with Crippen molar-refractivity contribution in [3.05, 3.63) is 53.1 Å². The van der Waals surface area contributed by atoms with Crippen LogP contribution in [-0.4, -0.2) is 12.5 Å². The maximum absolute atomic E-state index is 12.4. The Balaban J connectivity index is 2.19. The Bertz CT molecular complexity index is 658. The average Bonchev–Trinajstić information content (AvgIpc) is 2.49. The van der Waals surface area contributed by atoms with E-state index in [9.17, 15) is 4.79 Å². The number of hydrogen-bond donors (Lipinski definition) is 2. The van der Waals surface area contributed by atoms with Crippen molar-refractivity contribution in [2.75, 3.05) is 17.7 Å². The molecule has 1 amide bonds. The molecule has 0 aliphatic carbocycles. The number of benzene rings is 2. The van der Waals surface area contributed by atoms with Crippen molar-refractivity contribution < 1.29 is 9.53 Å². The lowest BCUT2D eigenvalue weighted by molar-refractivity contribution is 0.102. The summed E-state index contributed by atoms with van der Waals surface area (Å²) in [5, 5.41) is 2.96. The van der Waals surface area contributed by atoms with Crippen molar-refractivity contribution in [2.24, 2.45) is 0 Å². The number of aryl methyl sites for hydroxylation is 2. The molecule has 0 radical (unpaired) electrons. The normalized spacial score (nSPS) is 10.3. The first kappa shape index (κ1) is 15.9. The average molecular weight is 298 g/mol. The number of ether oxygens (including phenoxy) is 1. The van der Waals surface area contributed by atoms with Crippen LogP contribution in [0.2, 0.25) is 0 Å². The Morgan fingerprint density at radius 3 is 2.50 bits per heavy atom. The van der Waals surface area contributed by atoms with Gasteiger partial charge in [0.1, 0.15) is 5.75 Å². The highest BCUT2D eigenvalue weighted by Crippen LogP contribution is 2.24. The number of anilines is 2. The fourth-order valence-corrected chi connectivity index (χ4v) is 2.33. The van der Waals surface area contributed by atoms with Crippen LogP contribution in [0.1, 0.15) is 34.8 Å². The van der Waals surface area contributed by atoms with Crippen LogP contribution in [0.4, 0.5) is 11.4 Å². The Morgan fingerprint density at radius 2 is 1.86 bits per heavy atom. The molecule has 2 rings (SSSR count). The lowest BCUT2D eigenvalue weighted by Crippen LogP contribution is -2.14. The van der Waals surface area contributed by atoms with Crippen molar-refractivity contribution in [3.63, 3.8) is 0 Å². The summed E-state index contributed by atoms with van der Waals surface area (Å²) in [6, 6.07) is 10.9. The molecule has 0 aromatic heterocycles. The van der Waals surface area contributed by atoms with E-state index in [4.69, 9.17) is 10.5 Å². The lowest BCUT2D eigenvalue weighted by Gasteiger charge is -2.13. The molecule has 0 bridgehead atoms. The zero-order valence-electron chi connectivity index (χ0n) is 13.3. The molecule has 4 heteroatoms. The molecule has 0 saturated carbocycles. The Labute approximate surface area is 131 Å². The molecule has 3 N–H and O–H groups in total. The second-order valence-electron chi connectivity index (χ2n) is 5.36. The summed E-state index contributed by atoms with van der Waals surface area (Å²) in [6.45, 7) is 6.55. The molecular weight excluding hydrogens is 276 g/mol. The minimum absolute atomic E-state index is 0.155. The maximum Gasteiger partial charge on any atom is 0.255 e. The fourth-order valence-electron chi connectivity index (χ4n) is 2.33. The van der Waals surface area contributed by atoms with Gasteiger partial charge in [-0.25, -0.2) is 0 Å². The third-order valence-electron chi connectivity index (χ3n) is 3.36. The quantitative estimate of drug-likeness (QED) is 0.822. The molecule has 4 nitrogen and oxygen atoms in total. The van der Waals surface area contributed by atoms with Gasteiger partial charge in [0.2, 0.25) is 0 Å². The number of nitrogens with one attached hydrogen (secondary N) is 1. The van der Waals surface area contributed by atoms with Gasteiger partial charge in [0.05, 0.1) is 6.61 Å². The second-order valence-corrected chi connectivity index (χ2v) is 5.36. The van der Waals surface area contributed by atoms with E-state index in [0.29, 0.717) is 23.6 Å². The van der Waals surface area contributed by atoms with Gasteiger partial charge in [-0.3, -0.25) is 4.79 Å². The van der Waals surface area contributed by atoms with Crippen molar-refractivity contribution in [3.8, 4) is 5.75 Å². The molecule has 0 unspecified atom stereocenters. The highest BCUT2D eigenvalue weighted by atomic mass is 16.5. The van der Waals surface area contributed by atoms with Gasteiger partial charge >= 0.3 is 0 Å². The summed E-state index contributed by atoms with van der Waals surface area (Å²) >= 11 is 0. The maximum atomic E-state index is 12.4. The van der Waals surface area contributed by atoms with Crippen molar-refractivity contribution in [1.82, 2.24) is 0 Å². The third kappa shape index (κ3) is 3.79. The first-order valence-corrected chi connectivity index (χ1v) is 7.42. The van der Waals surface area contributed by atoms with Crippen LogP contribution in [0.15, 0.2) is 36.4 Å². The van der Waals surface area contributed by atoms with E-state index in [2.05, 4.69) is 5.32 Å². The first-order chi connectivity index (χ1) is 10.5. The molecule has 0 aliphatic heterocycles. The summed E-state index contributed by atoms with van der Waals surface area (Å²) in [5.74, 6) is 0.554. The summed E-state index contributed by atoms with van der Waals surface area (Å²) in [4.78, 5) is 12.4. The summed E-state index contributed by atoms with van der Waals surface area (Å²) < 4.78 is 5.56.